The number of ether oxygens (including phenoxy) is 1. The molecule has 0 spiro atoms. The average molecular weight is 455 g/mol. The summed E-state index contributed by atoms with van der Waals surface area (Å²) in [5, 5.41) is 9.90. The third kappa shape index (κ3) is 3.65. The van der Waals surface area contributed by atoms with Gasteiger partial charge in [0.15, 0.2) is 0 Å². The highest BCUT2D eigenvalue weighted by atomic mass is 32.2. The number of nitrogens with zero attached hydrogens (tertiary/aromatic N) is 1. The van der Waals surface area contributed by atoms with Crippen LogP contribution in [0.1, 0.15) is 46.7 Å². The summed E-state index contributed by atoms with van der Waals surface area (Å²) in [5.41, 5.74) is 2.73. The summed E-state index contributed by atoms with van der Waals surface area (Å²) in [7, 11) is 0. The van der Waals surface area contributed by atoms with Gasteiger partial charge in [0, 0.05) is 17.4 Å². The van der Waals surface area contributed by atoms with Crippen LogP contribution in [0.2, 0.25) is 0 Å². The van der Waals surface area contributed by atoms with Crippen molar-refractivity contribution in [3.8, 4) is 5.75 Å². The Morgan fingerprint density at radius 1 is 1.22 bits per heavy atom. The van der Waals surface area contributed by atoms with Crippen molar-refractivity contribution in [3.05, 3.63) is 52.8 Å². The Kier molecular flexibility index (Phi) is 5.06. The topological polar surface area (TPSA) is 61.8 Å². The number of rotatable bonds is 6. The van der Waals surface area contributed by atoms with Crippen molar-refractivity contribution in [3.63, 3.8) is 0 Å². The zero-order valence-electron chi connectivity index (χ0n) is 17.9. The number of benzene rings is 2. The third-order valence-electron chi connectivity index (χ3n) is 7.73. The van der Waals surface area contributed by atoms with E-state index in [0.717, 1.165) is 41.3 Å². The lowest BCUT2D eigenvalue weighted by Crippen LogP contribution is -2.48. The molecule has 2 aromatic carbocycles. The number of carboxylic acid groups (broad SMARTS) is 1. The van der Waals surface area contributed by atoms with E-state index in [4.69, 9.17) is 4.74 Å². The third-order valence-corrected chi connectivity index (χ3v) is 8.67. The number of piperidine rings is 3. The summed E-state index contributed by atoms with van der Waals surface area (Å²) in [5.74, 6) is 1.53. The molecule has 2 aromatic rings. The summed E-state index contributed by atoms with van der Waals surface area (Å²) in [4.78, 5) is 15.6. The van der Waals surface area contributed by atoms with E-state index in [-0.39, 0.29) is 11.4 Å². The largest absolute Gasteiger partial charge is 0.492 e. The molecule has 7 heteroatoms. The predicted octanol–water partition coefficient (Wildman–Crippen LogP) is 5.02. The first-order chi connectivity index (χ1) is 15.6. The Morgan fingerprint density at radius 2 is 2.06 bits per heavy atom. The van der Waals surface area contributed by atoms with Gasteiger partial charge in [0.25, 0.3) is 0 Å². The van der Waals surface area contributed by atoms with Crippen molar-refractivity contribution in [2.24, 2.45) is 17.8 Å². The number of aromatic carboxylic acids is 1. The van der Waals surface area contributed by atoms with Crippen molar-refractivity contribution >= 4 is 23.6 Å². The molecular formula is C25H27FN2O3S. The molecule has 3 saturated heterocycles. The maximum atomic E-state index is 14.1. The molecule has 3 atom stereocenters. The lowest BCUT2D eigenvalue weighted by molar-refractivity contribution is 0.0509. The van der Waals surface area contributed by atoms with Gasteiger partial charge in [-0.1, -0.05) is 6.07 Å². The van der Waals surface area contributed by atoms with Crippen molar-refractivity contribution < 1.29 is 19.0 Å². The highest BCUT2D eigenvalue weighted by molar-refractivity contribution is 8.00. The number of hydrogen-bond donors (Lipinski definition) is 2. The van der Waals surface area contributed by atoms with E-state index in [1.165, 1.54) is 43.9 Å². The second-order valence-electron chi connectivity index (χ2n) is 9.68. The summed E-state index contributed by atoms with van der Waals surface area (Å²) in [6.45, 7) is 4.06. The molecule has 2 unspecified atom stereocenters. The number of fused-ring (bicyclic) bond motifs is 6. The molecule has 2 bridgehead atoms. The number of carbonyl (C=O) groups is 1. The molecule has 4 fully saturated rings. The second-order valence-corrected chi connectivity index (χ2v) is 10.5. The number of nitrogens with one attached hydrogen (secondary N) is 1. The summed E-state index contributed by atoms with van der Waals surface area (Å²) >= 11 is 1.36. The van der Waals surface area contributed by atoms with Gasteiger partial charge in [0.05, 0.1) is 12.3 Å². The zero-order valence-corrected chi connectivity index (χ0v) is 18.7. The van der Waals surface area contributed by atoms with E-state index in [9.17, 15) is 14.3 Å². The van der Waals surface area contributed by atoms with Gasteiger partial charge in [0.1, 0.15) is 17.1 Å². The van der Waals surface area contributed by atoms with Crippen molar-refractivity contribution in [2.75, 3.05) is 31.0 Å². The molecule has 168 valence electrons. The fourth-order valence-electron chi connectivity index (χ4n) is 5.87. The summed E-state index contributed by atoms with van der Waals surface area (Å²) in [6, 6.07) is 8.76. The molecular weight excluding hydrogens is 427 g/mol. The van der Waals surface area contributed by atoms with E-state index < -0.39 is 5.97 Å². The molecule has 0 amide bonds. The first-order valence-electron chi connectivity index (χ1n) is 11.5. The Hall–Kier alpha value is -2.25. The normalized spacial score (nSPS) is 29.6. The van der Waals surface area contributed by atoms with Crippen LogP contribution in [0.4, 0.5) is 10.1 Å². The van der Waals surface area contributed by atoms with Gasteiger partial charge < -0.3 is 19.5 Å². The van der Waals surface area contributed by atoms with Crippen LogP contribution in [0.3, 0.4) is 0 Å². The fraction of sp³-hybridized carbons (Fsp3) is 0.480. The first kappa shape index (κ1) is 20.4. The average Bonchev–Trinajstić information content (AvgIpc) is 3.59. The van der Waals surface area contributed by atoms with Crippen LogP contribution >= 0.6 is 11.9 Å². The summed E-state index contributed by atoms with van der Waals surface area (Å²) < 4.78 is 23.2. The number of carboxylic acids is 1. The lowest BCUT2D eigenvalue weighted by atomic mass is 9.76. The van der Waals surface area contributed by atoms with Crippen molar-refractivity contribution in [2.45, 2.75) is 36.5 Å². The Balaban J connectivity index is 1.24. The highest BCUT2D eigenvalue weighted by Gasteiger charge is 2.45. The molecule has 0 radical (unpaired) electrons. The van der Waals surface area contributed by atoms with E-state index in [0.29, 0.717) is 35.8 Å². The molecule has 4 aliphatic heterocycles. The van der Waals surface area contributed by atoms with Gasteiger partial charge in [-0.2, -0.15) is 0 Å². The smallest absolute Gasteiger partial charge is 0.341 e. The van der Waals surface area contributed by atoms with Gasteiger partial charge in [-0.25, -0.2) is 9.18 Å². The molecule has 7 rings (SSSR count). The van der Waals surface area contributed by atoms with Gasteiger partial charge in [-0.3, -0.25) is 0 Å². The Labute approximate surface area is 191 Å². The minimum Gasteiger partial charge on any atom is -0.492 e. The monoisotopic (exact) mass is 454 g/mol. The van der Waals surface area contributed by atoms with E-state index in [2.05, 4.69) is 9.62 Å². The van der Waals surface area contributed by atoms with E-state index >= 15 is 0 Å². The molecule has 2 N–H and O–H groups in total. The SMILES string of the molecule is O=C(O)c1c(NSc2ccc(F)cc2CC2CN3CCC2CC3)ccc2c1OC[C@@H]1CC21. The van der Waals surface area contributed by atoms with Crippen LogP contribution in [0.15, 0.2) is 35.2 Å². The quantitative estimate of drug-likeness (QED) is 0.598. The molecule has 1 saturated carbocycles. The van der Waals surface area contributed by atoms with Crippen LogP contribution < -0.4 is 9.46 Å². The summed E-state index contributed by atoms with van der Waals surface area (Å²) in [6.07, 6.45) is 4.40. The van der Waals surface area contributed by atoms with Gasteiger partial charge in [0.2, 0.25) is 0 Å². The molecule has 0 aromatic heterocycles. The van der Waals surface area contributed by atoms with Gasteiger partial charge in [-0.15, -0.1) is 0 Å². The van der Waals surface area contributed by atoms with Crippen LogP contribution in [0, 0.1) is 23.6 Å². The van der Waals surface area contributed by atoms with Crippen LogP contribution in [-0.4, -0.2) is 42.2 Å². The minimum absolute atomic E-state index is 0.196. The fourth-order valence-corrected chi connectivity index (χ4v) is 6.66. The van der Waals surface area contributed by atoms with Crippen LogP contribution in [0.5, 0.6) is 5.75 Å². The van der Waals surface area contributed by atoms with E-state index in [1.54, 1.807) is 12.1 Å². The lowest BCUT2D eigenvalue weighted by Gasteiger charge is -2.45. The van der Waals surface area contributed by atoms with Crippen LogP contribution in [-0.2, 0) is 6.42 Å². The van der Waals surface area contributed by atoms with Crippen molar-refractivity contribution in [1.29, 1.82) is 0 Å². The molecule has 1 aliphatic carbocycles. The molecule has 4 heterocycles. The standard InChI is InChI=1S/C25H27FN2O3S/c26-18-1-4-22(15(10-18)9-16-12-28-7-5-14(16)6-8-28)32-27-21-3-2-19-20-11-17(20)13-31-24(19)23(21)25(29)30/h1-4,10,14,16-17,20,27H,5-9,11-13H2,(H,29,30)/t16?,17-,20?/m0/s1. The zero-order chi connectivity index (χ0) is 21.8. The Morgan fingerprint density at radius 3 is 2.81 bits per heavy atom. The number of hydrogen-bond acceptors (Lipinski definition) is 5. The highest BCUT2D eigenvalue weighted by Crippen LogP contribution is 2.55. The van der Waals surface area contributed by atoms with Crippen LogP contribution in [0.25, 0.3) is 0 Å². The van der Waals surface area contributed by atoms with Gasteiger partial charge >= 0.3 is 5.97 Å². The first-order valence-corrected chi connectivity index (χ1v) is 12.3. The number of anilines is 1. The van der Waals surface area contributed by atoms with Crippen molar-refractivity contribution in [1.82, 2.24) is 4.90 Å². The molecule has 5 nitrogen and oxygen atoms in total. The number of halogens is 1. The second kappa shape index (κ2) is 7.96. The van der Waals surface area contributed by atoms with Gasteiger partial charge in [-0.05, 0) is 104 Å². The molecule has 5 aliphatic rings. The predicted molar refractivity (Wildman–Crippen MR) is 122 cm³/mol. The maximum absolute atomic E-state index is 14.1. The Bertz CT molecular complexity index is 1070. The molecule has 32 heavy (non-hydrogen) atoms. The minimum atomic E-state index is -0.990. The maximum Gasteiger partial charge on any atom is 0.341 e. The van der Waals surface area contributed by atoms with E-state index in [1.807, 2.05) is 12.1 Å².